The number of nitrogens with zero attached hydrogens (tertiary/aromatic N) is 4. The standard InChI is InChI=1S/C87H70N4OSi.Pt/c1-60-50-84(88-58-79(60)62-30-15-9-16-31-62)91-80-45-24-23-42-77(80)78-48-47-70(57-82(78)91)92-69-34-26-33-68(56-69)89-59-90(85-75(61-28-13-8-14-29-61)43-27-44-76(85)65-51-66(86(2,3)4)55-67(52-65)87(5,6)7)81-49-46-64(54-83(81)89)63-32-25-41-74(53-63)93(71-35-17-10-18-36-71,72-37-19-11-20-38-72)73-39-21-12-22-40-73;/h8-55,58H,1-7H3;/q-2;/i1D3,8D,9D,10D,11D,12D,13D,14D,15D,16D,17D,18D,19D,20D,21D,22D,25D,28D,29D,30D,31D,32D,35D,36D,37D,38D,39D,40D,41D,53D;. The average Bonchev–Trinajstić information content (AvgIpc) is 0.884. The van der Waals surface area contributed by atoms with Crippen LogP contribution in [0.25, 0.3) is 94.5 Å². The van der Waals surface area contributed by atoms with Crippen molar-refractivity contribution in [3.05, 3.63) is 332 Å². The van der Waals surface area contributed by atoms with E-state index in [1.807, 2.05) is 59.7 Å². The molecule has 0 spiro atoms. The van der Waals surface area contributed by atoms with Crippen LogP contribution in [0.15, 0.2) is 297 Å². The predicted octanol–water partition coefficient (Wildman–Crippen LogP) is 18.5. The SMILES string of the molecule is [2H]c1c([2H])c([2H])c(-c2cnc(-n3c4[c-]c(Oc5[c-]c(-n6[c-][n+](-c7c(-c8cc(C(C)(C)C)cc(C(C)(C)C)c8)cccc7-c7c([2H])c([2H])c([2H])c([2H])c7[2H])c7ccc(-c8c([2H])c([2H])c([2H])c([Si](c9c([2H])c([2H])c([2H])c([2H])c9[2H])(c9c([2H])c([2H])c([2H])c([2H])c9[2H])c9c([2H])c([2H])c([2H])c([2H])c9[2H])c8[2H])cc76)ccc5)ccc4c4ccccc43)cc2C([2H])([2H])[2H])c([2H])c1[2H].[Pt]. The molecule has 0 N–H and O–H groups in total. The van der Waals surface area contributed by atoms with Crippen molar-refractivity contribution in [2.45, 2.75) is 59.2 Å². The van der Waals surface area contributed by atoms with Crippen molar-refractivity contribution in [1.82, 2.24) is 14.1 Å². The van der Waals surface area contributed by atoms with E-state index in [0.717, 1.165) is 17.3 Å². The predicted molar refractivity (Wildman–Crippen MR) is 387 cm³/mol. The van der Waals surface area contributed by atoms with E-state index < -0.39 is 233 Å². The molecule has 5 nitrogen and oxygen atoms in total. The molecule has 0 fully saturated rings. The van der Waals surface area contributed by atoms with Crippen LogP contribution in [0.1, 0.15) is 102 Å². The first-order valence-electron chi connectivity index (χ1n) is 45.5. The van der Waals surface area contributed by atoms with Gasteiger partial charge in [0.15, 0.2) is 8.07 Å². The Balaban J connectivity index is 0.0000129. The minimum absolute atomic E-state index is 0. The Morgan fingerprint density at radius 1 is 0.479 bits per heavy atom. The maximum atomic E-state index is 10.8. The fourth-order valence-electron chi connectivity index (χ4n) is 11.7. The van der Waals surface area contributed by atoms with Crippen LogP contribution in [-0.2, 0) is 31.9 Å². The first kappa shape index (κ1) is 34.6. The number of hydrogen-bond donors (Lipinski definition) is 0. The number of rotatable bonds is 13. The van der Waals surface area contributed by atoms with E-state index >= 15 is 0 Å². The van der Waals surface area contributed by atoms with Crippen molar-refractivity contribution in [2.75, 3.05) is 0 Å². The van der Waals surface area contributed by atoms with Crippen molar-refractivity contribution in [2.24, 2.45) is 0 Å². The minimum Gasteiger partial charge on any atom is -0.510 e. The first-order valence-corrected chi connectivity index (χ1v) is 31.5. The second kappa shape index (κ2) is 25.0. The molecule has 7 heteroatoms. The topological polar surface area (TPSA) is 35.9 Å². The molecule has 0 aliphatic carbocycles. The Bertz CT molecular complexity index is 6890. The van der Waals surface area contributed by atoms with E-state index in [9.17, 15) is 24.7 Å². The van der Waals surface area contributed by atoms with Gasteiger partial charge in [-0.05, 0) is 123 Å². The molecule has 3 heterocycles. The second-order valence-electron chi connectivity index (χ2n) is 24.0. The van der Waals surface area contributed by atoms with E-state index in [4.69, 9.17) is 28.9 Å². The molecule has 0 bridgehead atoms. The van der Waals surface area contributed by atoms with Crippen molar-refractivity contribution >= 4 is 61.7 Å². The Kier molecular flexibility index (Phi) is 9.20. The summed E-state index contributed by atoms with van der Waals surface area (Å²) in [6, 6.07) is 10.3. The molecule has 0 atom stereocenters. The van der Waals surface area contributed by atoms with Gasteiger partial charge in [0.1, 0.15) is 5.82 Å². The zero-order chi connectivity index (χ0) is 91.2. The summed E-state index contributed by atoms with van der Waals surface area (Å²) in [5, 5.41) is -2.94. The van der Waals surface area contributed by atoms with Gasteiger partial charge in [-0.15, -0.1) is 29.7 Å². The van der Waals surface area contributed by atoms with Gasteiger partial charge in [0.2, 0.25) is 0 Å². The third kappa shape index (κ3) is 11.2. The Labute approximate surface area is 612 Å². The van der Waals surface area contributed by atoms with E-state index in [2.05, 4.69) is 24.5 Å². The number of aromatic nitrogens is 4. The molecule has 0 saturated carbocycles. The number of fused-ring (bicyclic) bond motifs is 4. The van der Waals surface area contributed by atoms with Crippen molar-refractivity contribution in [3.63, 3.8) is 0 Å². The molecule has 0 aliphatic rings. The largest absolute Gasteiger partial charge is 0.510 e. The van der Waals surface area contributed by atoms with Crippen LogP contribution in [-0.4, -0.2) is 22.2 Å². The number of hydrogen-bond acceptors (Lipinski definition) is 2. The number of para-hydroxylation sites is 2. The summed E-state index contributed by atoms with van der Waals surface area (Å²) < 4.78 is 308. The molecular formula is C87H70N4OPtSi-2. The summed E-state index contributed by atoms with van der Waals surface area (Å²) in [5.41, 5.74) is 0.951. The Hall–Kier alpha value is -10.2. The molecule has 0 radical (unpaired) electrons. The van der Waals surface area contributed by atoms with Crippen LogP contribution in [0.2, 0.25) is 0 Å². The normalized spacial score (nSPS) is 16.8. The van der Waals surface area contributed by atoms with Crippen LogP contribution in [0, 0.1) is 25.3 Å². The van der Waals surface area contributed by atoms with Gasteiger partial charge in [0, 0.05) is 54.0 Å². The van der Waals surface area contributed by atoms with Crippen molar-refractivity contribution < 1.29 is 74.2 Å². The van der Waals surface area contributed by atoms with E-state index in [-0.39, 0.29) is 88.6 Å². The summed E-state index contributed by atoms with van der Waals surface area (Å²) in [5.74, 6) is 0.0328. The number of benzene rings is 12. The molecule has 0 saturated heterocycles. The van der Waals surface area contributed by atoms with Gasteiger partial charge >= 0.3 is 0 Å². The summed E-state index contributed by atoms with van der Waals surface area (Å²) in [6.45, 7) is 9.27. The molecule has 3 aromatic heterocycles. The monoisotopic (exact) mass is 1440 g/mol. The van der Waals surface area contributed by atoms with Gasteiger partial charge < -0.3 is 13.9 Å². The van der Waals surface area contributed by atoms with Crippen molar-refractivity contribution in [3.8, 4) is 73.2 Å². The smallest absolute Gasteiger partial charge is 0.268 e. The fourth-order valence-corrected chi connectivity index (χ4v) is 15.2. The maximum absolute atomic E-state index is 10.8. The summed E-state index contributed by atoms with van der Waals surface area (Å²) in [6.07, 6.45) is 4.62. The number of aryl methyl sites for hydroxylation is 1. The number of ether oxygens (including phenoxy) is 1. The summed E-state index contributed by atoms with van der Waals surface area (Å²) in [7, 11) is -6.37. The third-order valence-electron chi connectivity index (χ3n) is 16.2. The van der Waals surface area contributed by atoms with E-state index in [1.54, 1.807) is 75.9 Å². The molecule has 460 valence electrons. The maximum Gasteiger partial charge on any atom is 0.268 e. The van der Waals surface area contributed by atoms with Gasteiger partial charge in [-0.1, -0.05) is 289 Å². The van der Waals surface area contributed by atoms with Crippen LogP contribution < -0.4 is 30.1 Å². The minimum atomic E-state index is -6.37. The average molecular weight is 1440 g/mol. The molecule has 0 aliphatic heterocycles. The van der Waals surface area contributed by atoms with Crippen LogP contribution in [0.5, 0.6) is 11.5 Å². The van der Waals surface area contributed by atoms with Crippen LogP contribution in [0.3, 0.4) is 0 Å². The Morgan fingerprint density at radius 2 is 1.04 bits per heavy atom. The quantitative estimate of drug-likeness (QED) is 0.0499. The molecule has 12 aromatic carbocycles. The van der Waals surface area contributed by atoms with Crippen LogP contribution >= 0.6 is 0 Å². The van der Waals surface area contributed by atoms with Gasteiger partial charge in [-0.2, -0.15) is 18.2 Å². The molecule has 15 aromatic rings. The Morgan fingerprint density at radius 3 is 1.67 bits per heavy atom. The molecule has 0 unspecified atom stereocenters. The summed E-state index contributed by atoms with van der Waals surface area (Å²) >= 11 is 0. The van der Waals surface area contributed by atoms with Crippen LogP contribution in [0.4, 0.5) is 0 Å². The fraction of sp³-hybridized carbons (Fsp3) is 0.103. The molecule has 0 amide bonds. The molecule has 15 rings (SSSR count). The number of pyridine rings is 1. The summed E-state index contributed by atoms with van der Waals surface area (Å²) in [4.78, 5) is 4.70. The molecule has 94 heavy (non-hydrogen) atoms. The third-order valence-corrected chi connectivity index (χ3v) is 20.2. The first-order chi connectivity index (χ1) is 58.5. The van der Waals surface area contributed by atoms with E-state index in [0.29, 0.717) is 32.9 Å². The zero-order valence-electron chi connectivity index (χ0n) is 83.1. The van der Waals surface area contributed by atoms with Gasteiger partial charge in [-0.3, -0.25) is 4.57 Å². The zero-order valence-corrected chi connectivity index (χ0v) is 54.3. The van der Waals surface area contributed by atoms with E-state index in [1.165, 1.54) is 28.8 Å². The second-order valence-corrected chi connectivity index (χ2v) is 27.5. The van der Waals surface area contributed by atoms with Crippen molar-refractivity contribution in [1.29, 1.82) is 0 Å². The van der Waals surface area contributed by atoms with Gasteiger partial charge in [-0.25, -0.2) is 4.98 Å². The van der Waals surface area contributed by atoms with Gasteiger partial charge in [0.05, 0.1) is 56.5 Å². The van der Waals surface area contributed by atoms with Gasteiger partial charge in [0.25, 0.3) is 6.33 Å². The number of imidazole rings is 1. The molecular weight excluding hydrogens is 1340 g/mol.